The number of nitriles is 1. The van der Waals surface area contributed by atoms with Gasteiger partial charge in [-0.25, -0.2) is 0 Å². The molecule has 22 heavy (non-hydrogen) atoms. The summed E-state index contributed by atoms with van der Waals surface area (Å²) in [5.41, 5.74) is -1.99. The fraction of sp³-hybridized carbons (Fsp3) is 0.733. The molecule has 0 N–H and O–H groups in total. The van der Waals surface area contributed by atoms with Crippen molar-refractivity contribution in [3.63, 3.8) is 0 Å². The van der Waals surface area contributed by atoms with Crippen molar-refractivity contribution in [3.8, 4) is 6.07 Å². The third kappa shape index (κ3) is 3.97. The van der Waals surface area contributed by atoms with Crippen molar-refractivity contribution in [1.29, 1.82) is 5.26 Å². The molecule has 7 nitrogen and oxygen atoms in total. The Morgan fingerprint density at radius 1 is 0.909 bits per heavy atom. The Hall–Kier alpha value is -2.10. The third-order valence-corrected chi connectivity index (χ3v) is 3.44. The van der Waals surface area contributed by atoms with Crippen LogP contribution in [0, 0.1) is 28.6 Å². The first-order chi connectivity index (χ1) is 10.3. The Labute approximate surface area is 130 Å². The zero-order valence-corrected chi connectivity index (χ0v) is 13.7. The molecule has 0 aliphatic carbocycles. The molecule has 0 fully saturated rings. The lowest BCUT2D eigenvalue weighted by Gasteiger charge is -2.32. The summed E-state index contributed by atoms with van der Waals surface area (Å²) >= 11 is 0. The van der Waals surface area contributed by atoms with Crippen molar-refractivity contribution in [2.75, 3.05) is 19.8 Å². The maximum absolute atomic E-state index is 12.3. The molecule has 0 aliphatic rings. The van der Waals surface area contributed by atoms with Crippen LogP contribution < -0.4 is 0 Å². The monoisotopic (exact) mass is 313 g/mol. The van der Waals surface area contributed by atoms with E-state index >= 15 is 0 Å². The number of hydrogen-bond donors (Lipinski definition) is 0. The van der Waals surface area contributed by atoms with Crippen LogP contribution in [0.1, 0.15) is 34.6 Å². The number of carbonyl (C=O) groups is 3. The Morgan fingerprint density at radius 2 is 1.27 bits per heavy atom. The van der Waals surface area contributed by atoms with Gasteiger partial charge in [0, 0.05) is 0 Å². The molecular formula is C15H23NO6. The highest BCUT2D eigenvalue weighted by atomic mass is 16.5. The smallest absolute Gasteiger partial charge is 0.328 e. The highest BCUT2D eigenvalue weighted by Gasteiger charge is 2.56. The van der Waals surface area contributed by atoms with E-state index in [1.807, 2.05) is 0 Å². The van der Waals surface area contributed by atoms with Gasteiger partial charge in [-0.2, -0.15) is 5.26 Å². The molecular weight excluding hydrogens is 290 g/mol. The summed E-state index contributed by atoms with van der Waals surface area (Å²) in [5, 5.41) is 9.58. The molecule has 0 radical (unpaired) electrons. The van der Waals surface area contributed by atoms with Crippen LogP contribution in [0.4, 0.5) is 0 Å². The fourth-order valence-electron chi connectivity index (χ4n) is 2.12. The molecule has 0 rings (SSSR count). The molecule has 0 bridgehead atoms. The van der Waals surface area contributed by atoms with E-state index < -0.39 is 35.2 Å². The van der Waals surface area contributed by atoms with Gasteiger partial charge < -0.3 is 14.2 Å². The highest BCUT2D eigenvalue weighted by Crippen LogP contribution is 2.38. The second kappa shape index (κ2) is 9.03. The Bertz CT molecular complexity index is 429. The van der Waals surface area contributed by atoms with Gasteiger partial charge in [-0.15, -0.1) is 0 Å². The summed E-state index contributed by atoms with van der Waals surface area (Å²) in [6.45, 7) is 7.75. The maximum atomic E-state index is 12.3. The average molecular weight is 313 g/mol. The lowest BCUT2D eigenvalue weighted by Crippen LogP contribution is -2.49. The molecule has 1 unspecified atom stereocenters. The standard InChI is InChI=1S/C15H23NO6/c1-6-20-12(17)10(4)15(9-16,14(19)22-8-3)11(5)13(18)21-7-2/h10-11H,6-8H2,1-5H3/t10-,11+,15?. The van der Waals surface area contributed by atoms with Crippen LogP contribution in [0.15, 0.2) is 0 Å². The van der Waals surface area contributed by atoms with Gasteiger partial charge in [-0.05, 0) is 34.6 Å². The molecule has 0 amide bonds. The topological polar surface area (TPSA) is 103 Å². The first kappa shape index (κ1) is 19.9. The summed E-state index contributed by atoms with van der Waals surface area (Å²) in [4.78, 5) is 36.4. The van der Waals surface area contributed by atoms with Crippen molar-refractivity contribution in [1.82, 2.24) is 0 Å². The van der Waals surface area contributed by atoms with Gasteiger partial charge in [0.15, 0.2) is 5.41 Å². The molecule has 3 atom stereocenters. The third-order valence-electron chi connectivity index (χ3n) is 3.44. The van der Waals surface area contributed by atoms with Crippen molar-refractivity contribution in [2.45, 2.75) is 34.6 Å². The molecule has 7 heteroatoms. The lowest BCUT2D eigenvalue weighted by atomic mass is 9.68. The molecule has 0 spiro atoms. The van der Waals surface area contributed by atoms with Crippen molar-refractivity contribution < 1.29 is 28.6 Å². The van der Waals surface area contributed by atoms with Crippen molar-refractivity contribution in [3.05, 3.63) is 0 Å². The number of esters is 3. The zero-order valence-electron chi connectivity index (χ0n) is 13.7. The van der Waals surface area contributed by atoms with E-state index in [0.717, 1.165) is 0 Å². The molecule has 0 saturated heterocycles. The largest absolute Gasteiger partial charge is 0.466 e. The summed E-state index contributed by atoms with van der Waals surface area (Å²) in [5.74, 6) is -4.76. The first-order valence-electron chi connectivity index (χ1n) is 7.25. The van der Waals surface area contributed by atoms with E-state index in [1.165, 1.54) is 13.8 Å². The van der Waals surface area contributed by atoms with Crippen LogP contribution in [-0.2, 0) is 28.6 Å². The van der Waals surface area contributed by atoms with E-state index in [-0.39, 0.29) is 19.8 Å². The van der Waals surface area contributed by atoms with Crippen LogP contribution in [-0.4, -0.2) is 37.7 Å². The van der Waals surface area contributed by atoms with E-state index in [1.54, 1.807) is 26.8 Å². The van der Waals surface area contributed by atoms with E-state index in [4.69, 9.17) is 14.2 Å². The Morgan fingerprint density at radius 3 is 1.55 bits per heavy atom. The zero-order chi connectivity index (χ0) is 17.3. The van der Waals surface area contributed by atoms with Gasteiger partial charge in [0.2, 0.25) is 0 Å². The fourth-order valence-corrected chi connectivity index (χ4v) is 2.12. The predicted octanol–water partition coefficient (Wildman–Crippen LogP) is 1.46. The number of nitrogens with zero attached hydrogens (tertiary/aromatic N) is 1. The predicted molar refractivity (Wildman–Crippen MR) is 76.3 cm³/mol. The summed E-state index contributed by atoms with van der Waals surface area (Å²) in [6.07, 6.45) is 0. The lowest BCUT2D eigenvalue weighted by molar-refractivity contribution is -0.173. The maximum Gasteiger partial charge on any atom is 0.328 e. The molecule has 0 aromatic heterocycles. The second-order valence-electron chi connectivity index (χ2n) is 4.65. The van der Waals surface area contributed by atoms with Gasteiger partial charge in [-0.3, -0.25) is 14.4 Å². The minimum absolute atomic E-state index is 0.0212. The van der Waals surface area contributed by atoms with E-state index in [9.17, 15) is 19.6 Å². The normalized spacial score (nSPS) is 15.6. The molecule has 124 valence electrons. The molecule has 0 aliphatic heterocycles. The van der Waals surface area contributed by atoms with E-state index in [2.05, 4.69) is 0 Å². The molecule has 0 aromatic carbocycles. The van der Waals surface area contributed by atoms with E-state index in [0.29, 0.717) is 0 Å². The van der Waals surface area contributed by atoms with Crippen molar-refractivity contribution >= 4 is 17.9 Å². The van der Waals surface area contributed by atoms with Gasteiger partial charge in [0.25, 0.3) is 0 Å². The molecule has 0 saturated carbocycles. The quantitative estimate of drug-likeness (QED) is 0.493. The average Bonchev–Trinajstić information content (AvgIpc) is 2.48. The van der Waals surface area contributed by atoms with Crippen LogP contribution in [0.5, 0.6) is 0 Å². The van der Waals surface area contributed by atoms with Gasteiger partial charge >= 0.3 is 17.9 Å². The number of hydrogen-bond acceptors (Lipinski definition) is 7. The van der Waals surface area contributed by atoms with Gasteiger partial charge in [0.05, 0.1) is 37.7 Å². The first-order valence-corrected chi connectivity index (χ1v) is 7.25. The van der Waals surface area contributed by atoms with Crippen LogP contribution in [0.3, 0.4) is 0 Å². The summed E-state index contributed by atoms with van der Waals surface area (Å²) in [6, 6.07) is 1.80. The van der Waals surface area contributed by atoms with Crippen LogP contribution in [0.2, 0.25) is 0 Å². The van der Waals surface area contributed by atoms with Crippen molar-refractivity contribution in [2.24, 2.45) is 17.3 Å². The summed E-state index contributed by atoms with van der Waals surface area (Å²) < 4.78 is 14.7. The SMILES string of the molecule is CCOC(=O)[C@@H](C)C(C#N)(C(=O)OCC)[C@@H](C)C(=O)OCC. The number of ether oxygens (including phenoxy) is 3. The highest BCUT2D eigenvalue weighted by molar-refractivity contribution is 5.92. The minimum Gasteiger partial charge on any atom is -0.466 e. The Balaban J connectivity index is 5.83. The minimum atomic E-state index is -1.99. The van der Waals surface area contributed by atoms with Crippen LogP contribution >= 0.6 is 0 Å². The Kier molecular flexibility index (Phi) is 8.17. The van der Waals surface area contributed by atoms with Gasteiger partial charge in [-0.1, -0.05) is 0 Å². The molecule has 0 heterocycles. The van der Waals surface area contributed by atoms with Gasteiger partial charge in [0.1, 0.15) is 0 Å². The van der Waals surface area contributed by atoms with Crippen LogP contribution in [0.25, 0.3) is 0 Å². The number of rotatable bonds is 8. The summed E-state index contributed by atoms with van der Waals surface area (Å²) in [7, 11) is 0. The molecule has 0 aromatic rings. The number of carbonyl (C=O) groups excluding carboxylic acids is 3. The second-order valence-corrected chi connectivity index (χ2v) is 4.65.